The van der Waals surface area contributed by atoms with Crippen molar-refractivity contribution in [1.82, 2.24) is 4.90 Å². The van der Waals surface area contributed by atoms with Crippen LogP contribution in [0.25, 0.3) is 0 Å². The normalized spacial score (nSPS) is 17.5. The zero-order valence-electron chi connectivity index (χ0n) is 15.2. The lowest BCUT2D eigenvalue weighted by molar-refractivity contribution is -0.135. The molecule has 0 aromatic heterocycles. The van der Waals surface area contributed by atoms with Crippen LogP contribution in [-0.2, 0) is 11.2 Å². The average Bonchev–Trinajstić information content (AvgIpc) is 2.53. The van der Waals surface area contributed by atoms with E-state index in [4.69, 9.17) is 0 Å². The molecule has 0 aliphatic carbocycles. The van der Waals surface area contributed by atoms with Crippen LogP contribution in [0.1, 0.15) is 55.5 Å². The summed E-state index contributed by atoms with van der Waals surface area (Å²) in [6.07, 6.45) is 1.52. The SMILES string of the molecule is Cc1ccc(C2c3ccccc3CCN2C(=O)CC(C)(C)C)cc1. The zero-order valence-corrected chi connectivity index (χ0v) is 15.2. The summed E-state index contributed by atoms with van der Waals surface area (Å²) in [4.78, 5) is 15.1. The third-order valence-corrected chi connectivity index (χ3v) is 4.68. The lowest BCUT2D eigenvalue weighted by atomic mass is 9.86. The first kappa shape index (κ1) is 16.8. The number of carbonyl (C=O) groups is 1. The molecule has 0 bridgehead atoms. The van der Waals surface area contributed by atoms with Gasteiger partial charge in [-0.15, -0.1) is 0 Å². The van der Waals surface area contributed by atoms with E-state index in [1.54, 1.807) is 0 Å². The Morgan fingerprint density at radius 2 is 1.75 bits per heavy atom. The van der Waals surface area contributed by atoms with Gasteiger partial charge in [0.1, 0.15) is 0 Å². The van der Waals surface area contributed by atoms with Crippen molar-refractivity contribution in [1.29, 1.82) is 0 Å². The maximum Gasteiger partial charge on any atom is 0.223 e. The minimum Gasteiger partial charge on any atom is -0.331 e. The Hall–Kier alpha value is -2.09. The molecular formula is C22H27NO. The molecule has 24 heavy (non-hydrogen) atoms. The molecule has 0 N–H and O–H groups in total. The number of rotatable bonds is 2. The lowest BCUT2D eigenvalue weighted by Crippen LogP contribution is -2.41. The summed E-state index contributed by atoms with van der Waals surface area (Å²) in [5, 5.41) is 0. The zero-order chi connectivity index (χ0) is 17.3. The maximum atomic E-state index is 13.0. The Kier molecular flexibility index (Phi) is 4.49. The number of fused-ring (bicyclic) bond motifs is 1. The van der Waals surface area contributed by atoms with Gasteiger partial charge in [0.25, 0.3) is 0 Å². The lowest BCUT2D eigenvalue weighted by Gasteiger charge is -2.39. The summed E-state index contributed by atoms with van der Waals surface area (Å²) in [7, 11) is 0. The quantitative estimate of drug-likeness (QED) is 0.770. The number of hydrogen-bond donors (Lipinski definition) is 0. The highest BCUT2D eigenvalue weighted by Gasteiger charge is 2.33. The van der Waals surface area contributed by atoms with Crippen molar-refractivity contribution in [2.24, 2.45) is 5.41 Å². The molecule has 1 heterocycles. The van der Waals surface area contributed by atoms with E-state index in [-0.39, 0.29) is 17.4 Å². The number of nitrogens with zero attached hydrogens (tertiary/aromatic N) is 1. The van der Waals surface area contributed by atoms with Crippen molar-refractivity contribution in [3.63, 3.8) is 0 Å². The van der Waals surface area contributed by atoms with Crippen LogP contribution in [0.5, 0.6) is 0 Å². The number of carbonyl (C=O) groups excluding carboxylic acids is 1. The molecule has 1 aliphatic rings. The third kappa shape index (κ3) is 3.53. The predicted octanol–water partition coefficient (Wildman–Crippen LogP) is 4.91. The third-order valence-electron chi connectivity index (χ3n) is 4.68. The van der Waals surface area contributed by atoms with Crippen molar-refractivity contribution in [3.05, 3.63) is 70.8 Å². The molecule has 0 saturated carbocycles. The maximum absolute atomic E-state index is 13.0. The largest absolute Gasteiger partial charge is 0.331 e. The van der Waals surface area contributed by atoms with Gasteiger partial charge >= 0.3 is 0 Å². The fourth-order valence-corrected chi connectivity index (χ4v) is 3.50. The molecule has 1 aliphatic heterocycles. The van der Waals surface area contributed by atoms with Crippen LogP contribution in [0.3, 0.4) is 0 Å². The van der Waals surface area contributed by atoms with Crippen molar-refractivity contribution in [3.8, 4) is 0 Å². The minimum absolute atomic E-state index is 0.00583. The Bertz CT molecular complexity index is 724. The molecule has 0 spiro atoms. The fourth-order valence-electron chi connectivity index (χ4n) is 3.50. The van der Waals surface area contributed by atoms with Crippen molar-refractivity contribution < 1.29 is 4.79 Å². The highest BCUT2D eigenvalue weighted by atomic mass is 16.2. The highest BCUT2D eigenvalue weighted by molar-refractivity contribution is 5.78. The average molecular weight is 321 g/mol. The molecular weight excluding hydrogens is 294 g/mol. The summed E-state index contributed by atoms with van der Waals surface area (Å²) in [6, 6.07) is 17.2. The van der Waals surface area contributed by atoms with E-state index in [1.165, 1.54) is 22.3 Å². The van der Waals surface area contributed by atoms with Gasteiger partial charge in [0.15, 0.2) is 0 Å². The number of hydrogen-bond acceptors (Lipinski definition) is 1. The number of aryl methyl sites for hydroxylation is 1. The standard InChI is InChI=1S/C22H27NO/c1-16-9-11-18(12-10-16)21-19-8-6-5-7-17(19)13-14-23(21)20(24)15-22(2,3)4/h5-12,21H,13-15H2,1-4H3. The van der Waals surface area contributed by atoms with Crippen LogP contribution >= 0.6 is 0 Å². The fraction of sp³-hybridized carbons (Fsp3) is 0.409. The molecule has 1 amide bonds. The second kappa shape index (κ2) is 6.43. The Balaban J connectivity index is 2.02. The van der Waals surface area contributed by atoms with Gasteiger partial charge in [-0.2, -0.15) is 0 Å². The van der Waals surface area contributed by atoms with Crippen molar-refractivity contribution in [2.45, 2.75) is 46.6 Å². The minimum atomic E-state index is 0.00583. The van der Waals surface area contributed by atoms with Crippen LogP contribution in [0, 0.1) is 12.3 Å². The van der Waals surface area contributed by atoms with Crippen molar-refractivity contribution in [2.75, 3.05) is 6.54 Å². The first-order valence-electron chi connectivity index (χ1n) is 8.79. The second-order valence-electron chi connectivity index (χ2n) is 8.09. The second-order valence-corrected chi connectivity index (χ2v) is 8.09. The van der Waals surface area contributed by atoms with E-state index in [9.17, 15) is 4.79 Å². The van der Waals surface area contributed by atoms with Gasteiger partial charge < -0.3 is 4.90 Å². The van der Waals surface area contributed by atoms with Gasteiger partial charge in [0, 0.05) is 13.0 Å². The van der Waals surface area contributed by atoms with Gasteiger partial charge in [-0.1, -0.05) is 74.9 Å². The molecule has 2 heteroatoms. The highest BCUT2D eigenvalue weighted by Crippen LogP contribution is 2.36. The molecule has 1 atom stereocenters. The molecule has 0 saturated heterocycles. The van der Waals surface area contributed by atoms with E-state index >= 15 is 0 Å². The first-order valence-corrected chi connectivity index (χ1v) is 8.79. The van der Waals surface area contributed by atoms with Gasteiger partial charge in [0.05, 0.1) is 6.04 Å². The predicted molar refractivity (Wildman–Crippen MR) is 99.0 cm³/mol. The Morgan fingerprint density at radius 3 is 2.42 bits per heavy atom. The summed E-state index contributed by atoms with van der Waals surface area (Å²) < 4.78 is 0. The monoisotopic (exact) mass is 321 g/mol. The molecule has 0 fully saturated rings. The van der Waals surface area contributed by atoms with Gasteiger partial charge in [-0.25, -0.2) is 0 Å². The van der Waals surface area contributed by atoms with Crippen LogP contribution < -0.4 is 0 Å². The van der Waals surface area contributed by atoms with Gasteiger partial charge in [0.2, 0.25) is 5.91 Å². The number of amides is 1. The van der Waals surface area contributed by atoms with E-state index in [1.807, 2.05) is 0 Å². The smallest absolute Gasteiger partial charge is 0.223 e. The summed E-state index contributed by atoms with van der Waals surface area (Å²) in [6.45, 7) is 9.28. The molecule has 126 valence electrons. The summed E-state index contributed by atoms with van der Waals surface area (Å²) in [5.41, 5.74) is 5.09. The molecule has 2 aromatic rings. The molecule has 2 nitrogen and oxygen atoms in total. The number of benzene rings is 2. The topological polar surface area (TPSA) is 20.3 Å². The first-order chi connectivity index (χ1) is 11.3. The van der Waals surface area contributed by atoms with E-state index in [2.05, 4.69) is 81.1 Å². The van der Waals surface area contributed by atoms with Gasteiger partial charge in [-0.3, -0.25) is 4.79 Å². The molecule has 0 radical (unpaired) electrons. The Labute approximate surface area is 145 Å². The van der Waals surface area contributed by atoms with Crippen LogP contribution in [0.15, 0.2) is 48.5 Å². The van der Waals surface area contributed by atoms with Crippen molar-refractivity contribution >= 4 is 5.91 Å². The van der Waals surface area contributed by atoms with E-state index < -0.39 is 0 Å². The van der Waals surface area contributed by atoms with E-state index in [0.29, 0.717) is 6.42 Å². The van der Waals surface area contributed by atoms with Gasteiger partial charge in [-0.05, 0) is 35.4 Å². The van der Waals surface area contributed by atoms with Crippen LogP contribution in [-0.4, -0.2) is 17.4 Å². The van der Waals surface area contributed by atoms with Crippen LogP contribution in [0.4, 0.5) is 0 Å². The summed E-state index contributed by atoms with van der Waals surface area (Å²) >= 11 is 0. The molecule has 2 aromatic carbocycles. The Morgan fingerprint density at radius 1 is 1.08 bits per heavy atom. The molecule has 3 rings (SSSR count). The van der Waals surface area contributed by atoms with Crippen LogP contribution in [0.2, 0.25) is 0 Å². The molecule has 1 unspecified atom stereocenters. The van der Waals surface area contributed by atoms with E-state index in [0.717, 1.165) is 13.0 Å². The summed E-state index contributed by atoms with van der Waals surface area (Å²) in [5.74, 6) is 0.252.